The highest BCUT2D eigenvalue weighted by Gasteiger charge is 2.26. The predicted octanol–water partition coefficient (Wildman–Crippen LogP) is 2.08. The van der Waals surface area contributed by atoms with E-state index in [9.17, 15) is 10.4 Å². The molecule has 1 fully saturated rings. The van der Waals surface area contributed by atoms with Crippen molar-refractivity contribution in [2.75, 3.05) is 37.6 Å². The minimum Gasteiger partial charge on any atom is -0.385 e. The van der Waals surface area contributed by atoms with Crippen molar-refractivity contribution in [3.63, 3.8) is 0 Å². The maximum Gasteiger partial charge on any atom is 0.113 e. The van der Waals surface area contributed by atoms with E-state index >= 15 is 0 Å². The molecule has 5 nitrogen and oxygen atoms in total. The summed E-state index contributed by atoms with van der Waals surface area (Å²) in [4.78, 5) is 8.77. The highest BCUT2D eigenvalue weighted by molar-refractivity contribution is 5.46. The SMILES string of the molecule is N#CC(CN1CCN(c2ccccc2)CC1)C(O)c1ccccn1. The zero-order chi connectivity index (χ0) is 16.8. The quantitative estimate of drug-likeness (QED) is 0.913. The van der Waals surface area contributed by atoms with Crippen LogP contribution in [0.15, 0.2) is 54.7 Å². The van der Waals surface area contributed by atoms with Gasteiger partial charge in [0.05, 0.1) is 17.7 Å². The Kier molecular flexibility index (Phi) is 5.42. The van der Waals surface area contributed by atoms with E-state index in [0.29, 0.717) is 12.2 Å². The van der Waals surface area contributed by atoms with Crippen LogP contribution < -0.4 is 4.90 Å². The predicted molar refractivity (Wildman–Crippen MR) is 93.4 cm³/mol. The summed E-state index contributed by atoms with van der Waals surface area (Å²) in [5.74, 6) is -0.469. The summed E-state index contributed by atoms with van der Waals surface area (Å²) in [5.41, 5.74) is 1.80. The van der Waals surface area contributed by atoms with Crippen LogP contribution in [0.3, 0.4) is 0 Å². The number of nitriles is 1. The summed E-state index contributed by atoms with van der Waals surface area (Å²) in [7, 11) is 0. The number of hydrogen-bond donors (Lipinski definition) is 1. The van der Waals surface area contributed by atoms with Gasteiger partial charge in [-0.05, 0) is 24.3 Å². The van der Waals surface area contributed by atoms with E-state index < -0.39 is 12.0 Å². The van der Waals surface area contributed by atoms with E-state index in [4.69, 9.17) is 0 Å². The molecule has 5 heteroatoms. The summed E-state index contributed by atoms with van der Waals surface area (Å²) in [6, 6.07) is 18.0. The number of anilines is 1. The van der Waals surface area contributed by atoms with E-state index in [1.807, 2.05) is 12.1 Å². The van der Waals surface area contributed by atoms with Crippen LogP contribution >= 0.6 is 0 Å². The number of aliphatic hydroxyl groups is 1. The number of nitrogens with zero attached hydrogens (tertiary/aromatic N) is 4. The van der Waals surface area contributed by atoms with Crippen molar-refractivity contribution in [1.82, 2.24) is 9.88 Å². The van der Waals surface area contributed by atoms with Gasteiger partial charge in [0.25, 0.3) is 0 Å². The van der Waals surface area contributed by atoms with Gasteiger partial charge in [0.15, 0.2) is 0 Å². The van der Waals surface area contributed by atoms with Gasteiger partial charge >= 0.3 is 0 Å². The molecule has 24 heavy (non-hydrogen) atoms. The van der Waals surface area contributed by atoms with Crippen molar-refractivity contribution in [3.8, 4) is 6.07 Å². The van der Waals surface area contributed by atoms with Crippen LogP contribution in [0.1, 0.15) is 11.8 Å². The molecule has 0 aliphatic carbocycles. The molecule has 2 unspecified atom stereocenters. The van der Waals surface area contributed by atoms with Crippen molar-refractivity contribution in [3.05, 3.63) is 60.4 Å². The zero-order valence-electron chi connectivity index (χ0n) is 13.6. The summed E-state index contributed by atoms with van der Waals surface area (Å²) in [6.45, 7) is 4.21. The third kappa shape index (κ3) is 3.91. The third-order valence-corrected chi connectivity index (χ3v) is 4.49. The summed E-state index contributed by atoms with van der Waals surface area (Å²) in [6.07, 6.45) is 0.800. The number of para-hydroxylation sites is 1. The third-order valence-electron chi connectivity index (χ3n) is 4.49. The molecule has 1 aromatic carbocycles. The average molecular weight is 322 g/mol. The van der Waals surface area contributed by atoms with E-state index in [2.05, 4.69) is 45.1 Å². The molecule has 1 saturated heterocycles. The fourth-order valence-corrected chi connectivity index (χ4v) is 3.07. The minimum absolute atomic E-state index is 0.469. The van der Waals surface area contributed by atoms with Gasteiger partial charge in [0, 0.05) is 44.6 Å². The standard InChI is InChI=1S/C19H22N4O/c20-14-16(19(24)18-8-4-5-9-21-18)15-22-10-12-23(13-11-22)17-6-2-1-3-7-17/h1-9,16,19,24H,10-13,15H2. The maximum absolute atomic E-state index is 10.4. The van der Waals surface area contributed by atoms with Gasteiger partial charge in [-0.2, -0.15) is 5.26 Å². The van der Waals surface area contributed by atoms with Gasteiger partial charge in [-0.3, -0.25) is 9.88 Å². The average Bonchev–Trinajstić information content (AvgIpc) is 2.67. The topological polar surface area (TPSA) is 63.4 Å². The highest BCUT2D eigenvalue weighted by atomic mass is 16.3. The van der Waals surface area contributed by atoms with Crippen LogP contribution in [0, 0.1) is 17.2 Å². The lowest BCUT2D eigenvalue weighted by Gasteiger charge is -2.37. The monoisotopic (exact) mass is 322 g/mol. The molecular formula is C19H22N4O. The first-order valence-corrected chi connectivity index (χ1v) is 8.29. The largest absolute Gasteiger partial charge is 0.385 e. The second kappa shape index (κ2) is 7.91. The van der Waals surface area contributed by atoms with Crippen molar-refractivity contribution in [2.45, 2.75) is 6.10 Å². The van der Waals surface area contributed by atoms with Crippen molar-refractivity contribution in [2.24, 2.45) is 5.92 Å². The Morgan fingerprint density at radius 2 is 1.75 bits per heavy atom. The molecule has 0 bridgehead atoms. The Hall–Kier alpha value is -2.42. The van der Waals surface area contributed by atoms with E-state index in [-0.39, 0.29) is 0 Å². The van der Waals surface area contributed by atoms with Gasteiger partial charge in [-0.15, -0.1) is 0 Å². The molecule has 1 aliphatic heterocycles. The number of aliphatic hydroxyl groups excluding tert-OH is 1. The molecule has 2 aromatic rings. The highest BCUT2D eigenvalue weighted by Crippen LogP contribution is 2.22. The molecule has 2 atom stereocenters. The number of benzene rings is 1. The molecule has 0 amide bonds. The lowest BCUT2D eigenvalue weighted by Crippen LogP contribution is -2.48. The Balaban J connectivity index is 1.56. The van der Waals surface area contributed by atoms with Gasteiger partial charge in [0.2, 0.25) is 0 Å². The zero-order valence-corrected chi connectivity index (χ0v) is 13.6. The molecule has 1 N–H and O–H groups in total. The Bertz CT molecular complexity index is 663. The fraction of sp³-hybridized carbons (Fsp3) is 0.368. The number of hydrogen-bond acceptors (Lipinski definition) is 5. The lowest BCUT2D eigenvalue weighted by molar-refractivity contribution is 0.100. The van der Waals surface area contributed by atoms with Crippen LogP contribution in [0.2, 0.25) is 0 Å². The molecule has 1 aromatic heterocycles. The van der Waals surface area contributed by atoms with Gasteiger partial charge in [0.1, 0.15) is 6.10 Å². The normalized spacial score (nSPS) is 17.9. The van der Waals surface area contributed by atoms with E-state index in [1.165, 1.54) is 5.69 Å². The van der Waals surface area contributed by atoms with Crippen LogP contribution in [0.5, 0.6) is 0 Å². The second-order valence-electron chi connectivity index (χ2n) is 6.06. The molecule has 124 valence electrons. The number of rotatable bonds is 5. The van der Waals surface area contributed by atoms with Crippen molar-refractivity contribution < 1.29 is 5.11 Å². The van der Waals surface area contributed by atoms with Crippen LogP contribution in [-0.2, 0) is 0 Å². The van der Waals surface area contributed by atoms with Crippen molar-refractivity contribution >= 4 is 5.69 Å². The summed E-state index contributed by atoms with van der Waals surface area (Å²) < 4.78 is 0. The van der Waals surface area contributed by atoms with Gasteiger partial charge < -0.3 is 10.0 Å². The molecule has 1 aliphatic rings. The first-order chi connectivity index (χ1) is 11.8. The van der Waals surface area contributed by atoms with Gasteiger partial charge in [-0.25, -0.2) is 0 Å². The summed E-state index contributed by atoms with van der Waals surface area (Å²) >= 11 is 0. The second-order valence-corrected chi connectivity index (χ2v) is 6.06. The van der Waals surface area contributed by atoms with Crippen LogP contribution in [-0.4, -0.2) is 47.7 Å². The number of aromatic nitrogens is 1. The Labute approximate surface area is 142 Å². The minimum atomic E-state index is -0.844. The number of piperazine rings is 1. The van der Waals surface area contributed by atoms with Crippen molar-refractivity contribution in [1.29, 1.82) is 5.26 Å². The molecule has 3 rings (SSSR count). The first-order valence-electron chi connectivity index (χ1n) is 8.29. The number of pyridine rings is 1. The van der Waals surface area contributed by atoms with E-state index in [1.54, 1.807) is 18.3 Å². The Morgan fingerprint density at radius 3 is 2.38 bits per heavy atom. The molecular weight excluding hydrogens is 300 g/mol. The fourth-order valence-electron chi connectivity index (χ4n) is 3.07. The van der Waals surface area contributed by atoms with Crippen LogP contribution in [0.25, 0.3) is 0 Å². The summed E-state index contributed by atoms with van der Waals surface area (Å²) in [5, 5.41) is 19.9. The molecule has 0 spiro atoms. The molecule has 2 heterocycles. The van der Waals surface area contributed by atoms with Crippen LogP contribution in [0.4, 0.5) is 5.69 Å². The first kappa shape index (κ1) is 16.4. The molecule has 0 saturated carbocycles. The lowest BCUT2D eigenvalue weighted by atomic mass is 9.99. The molecule has 0 radical (unpaired) electrons. The Morgan fingerprint density at radius 1 is 1.04 bits per heavy atom. The van der Waals surface area contributed by atoms with E-state index in [0.717, 1.165) is 26.2 Å². The smallest absolute Gasteiger partial charge is 0.113 e. The maximum atomic E-state index is 10.4. The van der Waals surface area contributed by atoms with Gasteiger partial charge in [-0.1, -0.05) is 24.3 Å².